The summed E-state index contributed by atoms with van der Waals surface area (Å²) in [6, 6.07) is 10.4. The van der Waals surface area contributed by atoms with Crippen molar-refractivity contribution in [1.82, 2.24) is 0 Å². The normalized spacial score (nSPS) is 10.4. The van der Waals surface area contributed by atoms with Gasteiger partial charge in [0.1, 0.15) is 18.2 Å². The van der Waals surface area contributed by atoms with Gasteiger partial charge in [-0.15, -0.1) is 6.42 Å². The van der Waals surface area contributed by atoms with Crippen molar-refractivity contribution in [3.63, 3.8) is 0 Å². The molecule has 0 bridgehead atoms. The van der Waals surface area contributed by atoms with Crippen LogP contribution in [0.3, 0.4) is 0 Å². The molecule has 7 nitrogen and oxygen atoms in total. The predicted molar refractivity (Wildman–Crippen MR) is 108 cm³/mol. The fourth-order valence-corrected chi connectivity index (χ4v) is 2.56. The van der Waals surface area contributed by atoms with E-state index in [1.165, 1.54) is 43.5 Å². The van der Waals surface area contributed by atoms with E-state index in [1.807, 2.05) is 6.07 Å². The lowest BCUT2D eigenvalue weighted by atomic mass is 10.1. The molecule has 2 N–H and O–H groups in total. The lowest BCUT2D eigenvalue weighted by Crippen LogP contribution is -2.13. The molecule has 0 spiro atoms. The molecule has 0 radical (unpaired) electrons. The molecular weight excluding hydrogens is 396 g/mol. The molecule has 0 aliphatic heterocycles. The van der Waals surface area contributed by atoms with Crippen molar-refractivity contribution in [2.45, 2.75) is 0 Å². The van der Waals surface area contributed by atoms with Gasteiger partial charge in [0.15, 0.2) is 11.5 Å². The molecule has 0 heterocycles. The number of aromatic carboxylic acids is 1. The Balaban J connectivity index is 2.27. The number of terminal acetylenes is 1. The van der Waals surface area contributed by atoms with E-state index in [1.54, 1.807) is 6.07 Å². The van der Waals surface area contributed by atoms with Gasteiger partial charge in [0.25, 0.3) is 5.91 Å². The van der Waals surface area contributed by atoms with E-state index in [4.69, 9.17) is 32.6 Å². The Bertz CT molecular complexity index is 1050. The van der Waals surface area contributed by atoms with Crippen molar-refractivity contribution in [3.05, 3.63) is 58.1 Å². The number of nitrogens with one attached hydrogen (secondary N) is 1. The fourth-order valence-electron chi connectivity index (χ4n) is 2.29. The number of hydrogen-bond acceptors (Lipinski definition) is 5. The van der Waals surface area contributed by atoms with Gasteiger partial charge in [-0.2, -0.15) is 5.26 Å². The highest BCUT2D eigenvalue weighted by molar-refractivity contribution is 6.32. The molecule has 0 atom stereocenters. The number of carbonyl (C=O) groups is 2. The third-order valence-corrected chi connectivity index (χ3v) is 3.90. The first-order chi connectivity index (χ1) is 13.9. The molecule has 2 aromatic carbocycles. The number of halogens is 1. The van der Waals surface area contributed by atoms with Crippen LogP contribution in [0.25, 0.3) is 6.08 Å². The average molecular weight is 411 g/mol. The van der Waals surface area contributed by atoms with Crippen molar-refractivity contribution in [1.29, 1.82) is 5.26 Å². The molecule has 0 unspecified atom stereocenters. The number of hydrogen-bond donors (Lipinski definition) is 2. The highest BCUT2D eigenvalue weighted by atomic mass is 35.5. The summed E-state index contributed by atoms with van der Waals surface area (Å²) in [4.78, 5) is 23.3. The molecular formula is C21H15ClN2O5. The van der Waals surface area contributed by atoms with Crippen molar-refractivity contribution < 1.29 is 24.2 Å². The zero-order valence-corrected chi connectivity index (χ0v) is 16.0. The molecule has 0 saturated heterocycles. The van der Waals surface area contributed by atoms with Crippen LogP contribution in [-0.4, -0.2) is 30.7 Å². The SMILES string of the molecule is C#CCOc1c(Cl)cc(C=C(C#N)C(=O)Nc2ccc(C(=O)O)cc2)cc1OC. The molecule has 1 amide bonds. The second kappa shape index (κ2) is 9.84. The summed E-state index contributed by atoms with van der Waals surface area (Å²) < 4.78 is 10.6. The highest BCUT2D eigenvalue weighted by Gasteiger charge is 2.14. The molecule has 0 aliphatic rings. The molecule has 0 saturated carbocycles. The molecule has 29 heavy (non-hydrogen) atoms. The van der Waals surface area contributed by atoms with Crippen LogP contribution in [0.4, 0.5) is 5.69 Å². The van der Waals surface area contributed by atoms with E-state index in [0.717, 1.165) is 0 Å². The second-order valence-electron chi connectivity index (χ2n) is 5.53. The number of methoxy groups -OCH3 is 1. The van der Waals surface area contributed by atoms with Crippen LogP contribution in [0, 0.1) is 23.7 Å². The molecule has 8 heteroatoms. The first-order valence-corrected chi connectivity index (χ1v) is 8.47. The van der Waals surface area contributed by atoms with Crippen LogP contribution in [0.15, 0.2) is 42.0 Å². The standard InChI is InChI=1S/C21H15ClN2O5/c1-3-8-29-19-17(22)10-13(11-18(19)28-2)9-15(12-23)20(25)24-16-6-4-14(5-7-16)21(26)27/h1,4-7,9-11H,8H2,2H3,(H,24,25)(H,26,27). The zero-order valence-electron chi connectivity index (χ0n) is 15.2. The van der Waals surface area contributed by atoms with Crippen molar-refractivity contribution in [2.24, 2.45) is 0 Å². The summed E-state index contributed by atoms with van der Waals surface area (Å²) in [5, 5.41) is 21.0. The van der Waals surface area contributed by atoms with Gasteiger partial charge in [0.05, 0.1) is 17.7 Å². The third kappa shape index (κ3) is 5.52. The lowest BCUT2D eigenvalue weighted by Gasteiger charge is -2.12. The average Bonchev–Trinajstić information content (AvgIpc) is 2.71. The third-order valence-electron chi connectivity index (χ3n) is 3.62. The van der Waals surface area contributed by atoms with Gasteiger partial charge in [-0.3, -0.25) is 4.79 Å². The van der Waals surface area contributed by atoms with Crippen LogP contribution in [-0.2, 0) is 4.79 Å². The Morgan fingerprint density at radius 1 is 1.31 bits per heavy atom. The molecule has 146 valence electrons. The summed E-state index contributed by atoms with van der Waals surface area (Å²) in [5.41, 5.74) is 0.665. The summed E-state index contributed by atoms with van der Waals surface area (Å²) in [7, 11) is 1.42. The van der Waals surface area contributed by atoms with E-state index >= 15 is 0 Å². The van der Waals surface area contributed by atoms with Gasteiger partial charge in [-0.05, 0) is 48.0 Å². The van der Waals surface area contributed by atoms with Gasteiger partial charge < -0.3 is 19.9 Å². The van der Waals surface area contributed by atoms with Gasteiger partial charge in [-0.1, -0.05) is 17.5 Å². The smallest absolute Gasteiger partial charge is 0.335 e. The number of rotatable bonds is 7. The van der Waals surface area contributed by atoms with Crippen LogP contribution in [0.5, 0.6) is 11.5 Å². The van der Waals surface area contributed by atoms with Crippen molar-refractivity contribution >= 4 is 35.2 Å². The number of carboxylic acid groups (broad SMARTS) is 1. The predicted octanol–water partition coefficient (Wildman–Crippen LogP) is 3.60. The van der Waals surface area contributed by atoms with Crippen molar-refractivity contribution in [2.75, 3.05) is 19.0 Å². The van der Waals surface area contributed by atoms with Gasteiger partial charge in [0, 0.05) is 5.69 Å². The van der Waals surface area contributed by atoms with E-state index < -0.39 is 11.9 Å². The van der Waals surface area contributed by atoms with Crippen LogP contribution in [0.2, 0.25) is 5.02 Å². The summed E-state index contributed by atoms with van der Waals surface area (Å²) in [6.45, 7) is -0.00220. The number of anilines is 1. The minimum atomic E-state index is -1.08. The van der Waals surface area contributed by atoms with E-state index in [0.29, 0.717) is 17.0 Å². The topological polar surface area (TPSA) is 109 Å². The summed E-state index contributed by atoms with van der Waals surface area (Å²) in [6.07, 6.45) is 6.51. The molecule has 2 rings (SSSR count). The Kier molecular flexibility index (Phi) is 7.25. The van der Waals surface area contributed by atoms with Gasteiger partial charge >= 0.3 is 5.97 Å². The lowest BCUT2D eigenvalue weighted by molar-refractivity contribution is -0.112. The minimum absolute atomic E-state index is 0.00220. The van der Waals surface area contributed by atoms with Crippen LogP contribution >= 0.6 is 11.6 Å². The molecule has 0 aromatic heterocycles. The molecule has 0 fully saturated rings. The largest absolute Gasteiger partial charge is 0.493 e. The number of carboxylic acids is 1. The Hall–Kier alpha value is -3.94. The van der Waals surface area contributed by atoms with Crippen LogP contribution < -0.4 is 14.8 Å². The first-order valence-electron chi connectivity index (χ1n) is 8.10. The van der Waals surface area contributed by atoms with E-state index in [2.05, 4.69) is 11.2 Å². The summed E-state index contributed by atoms with van der Waals surface area (Å²) in [5.74, 6) is 1.12. The minimum Gasteiger partial charge on any atom is -0.493 e. The maximum atomic E-state index is 12.4. The molecule has 2 aromatic rings. The van der Waals surface area contributed by atoms with Gasteiger partial charge in [0.2, 0.25) is 0 Å². The number of nitriles is 1. The van der Waals surface area contributed by atoms with Crippen molar-refractivity contribution in [3.8, 4) is 29.9 Å². The zero-order chi connectivity index (χ0) is 21.4. The monoisotopic (exact) mass is 410 g/mol. The highest BCUT2D eigenvalue weighted by Crippen LogP contribution is 2.37. The number of amides is 1. The number of nitrogens with zero attached hydrogens (tertiary/aromatic N) is 1. The Morgan fingerprint density at radius 3 is 2.55 bits per heavy atom. The quantitative estimate of drug-likeness (QED) is 0.410. The maximum Gasteiger partial charge on any atom is 0.335 e. The number of carbonyl (C=O) groups excluding carboxylic acids is 1. The molecule has 0 aliphatic carbocycles. The maximum absolute atomic E-state index is 12.4. The number of ether oxygens (including phenoxy) is 2. The van der Waals surface area contributed by atoms with E-state index in [-0.39, 0.29) is 28.5 Å². The van der Waals surface area contributed by atoms with Crippen LogP contribution in [0.1, 0.15) is 15.9 Å². The number of benzene rings is 2. The van der Waals surface area contributed by atoms with Gasteiger partial charge in [-0.25, -0.2) is 4.79 Å². The first kappa shape index (κ1) is 21.4. The summed E-state index contributed by atoms with van der Waals surface area (Å²) >= 11 is 6.19. The Morgan fingerprint density at radius 2 is 2.00 bits per heavy atom. The fraction of sp³-hybridized carbons (Fsp3) is 0.0952. The Labute approximate surface area is 172 Å². The second-order valence-corrected chi connectivity index (χ2v) is 5.94. The van der Waals surface area contributed by atoms with E-state index in [9.17, 15) is 14.9 Å².